The molecule has 0 atom stereocenters. The van der Waals surface area contributed by atoms with Crippen LogP contribution in [0.3, 0.4) is 0 Å². The van der Waals surface area contributed by atoms with Crippen molar-refractivity contribution in [3.63, 3.8) is 0 Å². The van der Waals surface area contributed by atoms with Crippen molar-refractivity contribution in [2.75, 3.05) is 24.9 Å². The maximum atomic E-state index is 11.8. The molecule has 0 bridgehead atoms. The van der Waals surface area contributed by atoms with E-state index in [4.69, 9.17) is 9.47 Å². The topological polar surface area (TPSA) is 72.5 Å². The fraction of sp³-hybridized carbons (Fsp3) is 0.375. The lowest BCUT2D eigenvalue weighted by molar-refractivity contribution is -0.117. The Balaban J connectivity index is 1.66. The van der Waals surface area contributed by atoms with Gasteiger partial charge in [-0.3, -0.25) is 4.79 Å². The molecule has 1 aliphatic carbocycles. The van der Waals surface area contributed by atoms with E-state index in [1.807, 2.05) is 24.3 Å². The van der Waals surface area contributed by atoms with Crippen LogP contribution in [0.4, 0.5) is 11.4 Å². The van der Waals surface area contributed by atoms with Crippen LogP contribution in [0.1, 0.15) is 18.4 Å². The van der Waals surface area contributed by atoms with Gasteiger partial charge >= 0.3 is 0 Å². The van der Waals surface area contributed by atoms with Crippen molar-refractivity contribution < 1.29 is 14.3 Å². The molecule has 7 heteroatoms. The maximum absolute atomic E-state index is 11.8. The molecule has 23 heavy (non-hydrogen) atoms. The van der Waals surface area contributed by atoms with Gasteiger partial charge in [0.25, 0.3) is 0 Å². The number of methoxy groups -OCH3 is 2. The third-order valence-corrected chi connectivity index (χ3v) is 4.48. The summed E-state index contributed by atoms with van der Waals surface area (Å²) in [6.45, 7) is 0.531. The van der Waals surface area contributed by atoms with Gasteiger partial charge in [-0.15, -0.1) is 0 Å². The Morgan fingerprint density at radius 1 is 1.30 bits per heavy atom. The van der Waals surface area contributed by atoms with Gasteiger partial charge in [0.05, 0.1) is 26.3 Å². The molecule has 1 fully saturated rings. The second-order valence-electron chi connectivity index (χ2n) is 5.36. The van der Waals surface area contributed by atoms with E-state index in [0.717, 1.165) is 34.8 Å². The smallest absolute Gasteiger partial charge is 0.233 e. The van der Waals surface area contributed by atoms with E-state index < -0.39 is 0 Å². The Morgan fingerprint density at radius 2 is 2.09 bits per heavy atom. The molecule has 1 heterocycles. The molecular weight excluding hydrogens is 314 g/mol. The van der Waals surface area contributed by atoms with Crippen LogP contribution >= 0.6 is 11.5 Å². The summed E-state index contributed by atoms with van der Waals surface area (Å²) in [7, 11) is 3.20. The minimum Gasteiger partial charge on any atom is -0.486 e. The van der Waals surface area contributed by atoms with E-state index in [2.05, 4.69) is 15.0 Å². The Hall–Kier alpha value is -2.28. The van der Waals surface area contributed by atoms with E-state index in [1.54, 1.807) is 14.2 Å². The average Bonchev–Trinajstić information content (AvgIpc) is 3.34. The van der Waals surface area contributed by atoms with Crippen LogP contribution in [0.15, 0.2) is 24.3 Å². The summed E-state index contributed by atoms with van der Waals surface area (Å²) in [6.07, 6.45) is 1.99. The first-order valence-corrected chi connectivity index (χ1v) is 8.20. The molecule has 2 aromatic rings. The highest BCUT2D eigenvalue weighted by Gasteiger charge is 2.29. The van der Waals surface area contributed by atoms with Crippen LogP contribution in [-0.4, -0.2) is 24.5 Å². The summed E-state index contributed by atoms with van der Waals surface area (Å²) in [5.74, 6) is 0.863. The Kier molecular flexibility index (Phi) is 4.66. The number of hydrogen-bond acceptors (Lipinski definition) is 6. The first-order chi connectivity index (χ1) is 11.2. The number of nitrogens with zero attached hydrogens (tertiary/aromatic N) is 1. The lowest BCUT2D eigenvalue weighted by Crippen LogP contribution is -2.13. The van der Waals surface area contributed by atoms with E-state index in [0.29, 0.717) is 12.4 Å². The van der Waals surface area contributed by atoms with Crippen LogP contribution in [0.5, 0.6) is 10.9 Å². The van der Waals surface area contributed by atoms with E-state index >= 15 is 0 Å². The molecule has 0 unspecified atom stereocenters. The standard InChI is InChI=1S/C16H19N3O3S/c1-21-15-13(16(22-2)23-19-15)9-17-11-4-3-5-12(8-11)18-14(20)10-6-7-10/h3-5,8,10,17H,6-7,9H2,1-2H3,(H,18,20). The minimum absolute atomic E-state index is 0.104. The zero-order chi connectivity index (χ0) is 16.2. The summed E-state index contributed by atoms with van der Waals surface area (Å²) in [4.78, 5) is 11.8. The summed E-state index contributed by atoms with van der Waals surface area (Å²) in [6, 6.07) is 7.66. The number of aromatic nitrogens is 1. The Bertz CT molecular complexity index is 676. The minimum atomic E-state index is 0.104. The van der Waals surface area contributed by atoms with Crippen molar-refractivity contribution in [1.29, 1.82) is 0 Å². The lowest BCUT2D eigenvalue weighted by Gasteiger charge is -2.10. The number of amides is 1. The molecule has 0 spiro atoms. The third-order valence-electron chi connectivity index (χ3n) is 3.64. The van der Waals surface area contributed by atoms with Crippen molar-refractivity contribution in [3.05, 3.63) is 29.8 Å². The van der Waals surface area contributed by atoms with Crippen molar-refractivity contribution >= 4 is 28.8 Å². The molecule has 3 rings (SSSR count). The zero-order valence-corrected chi connectivity index (χ0v) is 13.9. The molecular formula is C16H19N3O3S. The Morgan fingerprint density at radius 3 is 2.78 bits per heavy atom. The molecule has 122 valence electrons. The highest BCUT2D eigenvalue weighted by molar-refractivity contribution is 7.08. The average molecular weight is 333 g/mol. The van der Waals surface area contributed by atoms with Gasteiger partial charge in [0.1, 0.15) is 0 Å². The predicted molar refractivity (Wildman–Crippen MR) is 90.3 cm³/mol. The molecule has 6 nitrogen and oxygen atoms in total. The second-order valence-corrected chi connectivity index (χ2v) is 6.10. The van der Waals surface area contributed by atoms with E-state index in [1.165, 1.54) is 11.5 Å². The number of carbonyl (C=O) groups is 1. The lowest BCUT2D eigenvalue weighted by atomic mass is 10.2. The van der Waals surface area contributed by atoms with Crippen LogP contribution in [-0.2, 0) is 11.3 Å². The molecule has 1 aliphatic rings. The normalized spacial score (nSPS) is 13.5. The fourth-order valence-electron chi connectivity index (χ4n) is 2.24. The van der Waals surface area contributed by atoms with Crippen molar-refractivity contribution in [3.8, 4) is 10.9 Å². The van der Waals surface area contributed by atoms with Crippen LogP contribution in [0.25, 0.3) is 0 Å². The number of hydrogen-bond donors (Lipinski definition) is 2. The monoisotopic (exact) mass is 333 g/mol. The van der Waals surface area contributed by atoms with Gasteiger partial charge in [0.15, 0.2) is 0 Å². The SMILES string of the molecule is COc1nsc(OC)c1CNc1cccc(NC(=O)C2CC2)c1. The quantitative estimate of drug-likeness (QED) is 0.814. The van der Waals surface area contributed by atoms with Gasteiger partial charge in [0, 0.05) is 28.8 Å². The Labute approximate surface area is 139 Å². The van der Waals surface area contributed by atoms with Crippen molar-refractivity contribution in [1.82, 2.24) is 4.37 Å². The summed E-state index contributed by atoms with van der Waals surface area (Å²) >= 11 is 1.26. The number of anilines is 2. The molecule has 1 saturated carbocycles. The summed E-state index contributed by atoms with van der Waals surface area (Å²) in [5.41, 5.74) is 2.59. The van der Waals surface area contributed by atoms with Gasteiger partial charge < -0.3 is 20.1 Å². The molecule has 0 aliphatic heterocycles. The second kappa shape index (κ2) is 6.87. The van der Waals surface area contributed by atoms with Gasteiger partial charge in [-0.05, 0) is 31.0 Å². The van der Waals surface area contributed by atoms with Crippen LogP contribution < -0.4 is 20.1 Å². The van der Waals surface area contributed by atoms with Gasteiger partial charge in [-0.2, -0.15) is 4.37 Å². The highest BCUT2D eigenvalue weighted by Crippen LogP contribution is 2.33. The van der Waals surface area contributed by atoms with E-state index in [9.17, 15) is 4.79 Å². The number of carbonyl (C=O) groups excluding carboxylic acids is 1. The molecule has 1 aromatic carbocycles. The number of benzene rings is 1. The fourth-order valence-corrected chi connectivity index (χ4v) is 2.93. The molecule has 2 N–H and O–H groups in total. The first kappa shape index (κ1) is 15.6. The number of ether oxygens (including phenoxy) is 2. The molecule has 1 aromatic heterocycles. The maximum Gasteiger partial charge on any atom is 0.233 e. The van der Waals surface area contributed by atoms with Gasteiger partial charge in [-0.1, -0.05) is 6.07 Å². The molecule has 1 amide bonds. The molecule has 0 saturated heterocycles. The van der Waals surface area contributed by atoms with Crippen LogP contribution in [0, 0.1) is 5.92 Å². The zero-order valence-electron chi connectivity index (χ0n) is 13.1. The van der Waals surface area contributed by atoms with Crippen molar-refractivity contribution in [2.45, 2.75) is 19.4 Å². The number of rotatable bonds is 7. The summed E-state index contributed by atoms with van der Waals surface area (Å²) < 4.78 is 14.8. The largest absolute Gasteiger partial charge is 0.486 e. The van der Waals surface area contributed by atoms with Crippen molar-refractivity contribution in [2.24, 2.45) is 5.92 Å². The highest BCUT2D eigenvalue weighted by atomic mass is 32.1. The first-order valence-electron chi connectivity index (χ1n) is 7.42. The summed E-state index contributed by atoms with van der Waals surface area (Å²) in [5, 5.41) is 6.98. The van der Waals surface area contributed by atoms with E-state index in [-0.39, 0.29) is 11.8 Å². The van der Waals surface area contributed by atoms with Crippen LogP contribution in [0.2, 0.25) is 0 Å². The predicted octanol–water partition coefficient (Wildman–Crippen LogP) is 3.12. The third kappa shape index (κ3) is 3.73. The number of nitrogens with one attached hydrogen (secondary N) is 2. The van der Waals surface area contributed by atoms with Gasteiger partial charge in [0.2, 0.25) is 16.9 Å². The molecule has 0 radical (unpaired) electrons. The van der Waals surface area contributed by atoms with Gasteiger partial charge in [-0.25, -0.2) is 0 Å².